The average molecular weight is 314 g/mol. The summed E-state index contributed by atoms with van der Waals surface area (Å²) in [4.78, 5) is 0. The monoisotopic (exact) mass is 314 g/mol. The molecule has 2 aromatic rings. The van der Waals surface area contributed by atoms with E-state index in [4.69, 9.17) is 9.47 Å². The Morgan fingerprint density at radius 1 is 0.826 bits per heavy atom. The van der Waals surface area contributed by atoms with Gasteiger partial charge in [-0.3, -0.25) is 0 Å². The van der Waals surface area contributed by atoms with E-state index in [9.17, 15) is 5.11 Å². The van der Waals surface area contributed by atoms with Crippen molar-refractivity contribution in [1.82, 2.24) is 0 Å². The number of benzene rings is 2. The van der Waals surface area contributed by atoms with Gasteiger partial charge in [-0.15, -0.1) is 0 Å². The number of rotatable bonds is 9. The van der Waals surface area contributed by atoms with Gasteiger partial charge in [0.1, 0.15) is 0 Å². The van der Waals surface area contributed by atoms with Gasteiger partial charge in [0, 0.05) is 5.92 Å². The van der Waals surface area contributed by atoms with E-state index < -0.39 is 6.10 Å². The van der Waals surface area contributed by atoms with Crippen molar-refractivity contribution < 1.29 is 14.6 Å². The lowest BCUT2D eigenvalue weighted by Gasteiger charge is -2.25. The Bertz CT molecular complexity index is 541. The highest BCUT2D eigenvalue weighted by Crippen LogP contribution is 2.14. The van der Waals surface area contributed by atoms with Crippen LogP contribution in [0, 0.1) is 5.92 Å². The van der Waals surface area contributed by atoms with Crippen molar-refractivity contribution in [1.29, 1.82) is 0 Å². The molecule has 0 radical (unpaired) electrons. The molecular formula is C20H26O3. The lowest BCUT2D eigenvalue weighted by molar-refractivity contribution is -0.0729. The predicted octanol–water partition coefficient (Wildman–Crippen LogP) is 3.81. The maximum Gasteiger partial charge on any atom is 0.0846 e. The van der Waals surface area contributed by atoms with Crippen LogP contribution in [-0.2, 0) is 22.7 Å². The minimum absolute atomic E-state index is 0.0180. The highest BCUT2D eigenvalue weighted by Gasteiger charge is 2.22. The number of hydrogen-bond donors (Lipinski definition) is 1. The van der Waals surface area contributed by atoms with Gasteiger partial charge in [0.25, 0.3) is 0 Å². The van der Waals surface area contributed by atoms with Crippen LogP contribution in [-0.4, -0.2) is 23.9 Å². The van der Waals surface area contributed by atoms with Gasteiger partial charge < -0.3 is 14.6 Å². The fraction of sp³-hybridized carbons (Fsp3) is 0.400. The molecule has 2 aromatic carbocycles. The normalized spacial score (nSPS) is 15.1. The number of hydrogen-bond acceptors (Lipinski definition) is 3. The zero-order valence-corrected chi connectivity index (χ0v) is 13.9. The van der Waals surface area contributed by atoms with Gasteiger partial charge in [-0.2, -0.15) is 0 Å². The quantitative estimate of drug-likeness (QED) is 0.765. The third-order valence-electron chi connectivity index (χ3n) is 3.91. The van der Waals surface area contributed by atoms with Crippen molar-refractivity contribution in [2.75, 3.05) is 6.61 Å². The summed E-state index contributed by atoms with van der Waals surface area (Å²) in [5.41, 5.74) is 2.25. The molecule has 3 nitrogen and oxygen atoms in total. The van der Waals surface area contributed by atoms with Crippen molar-refractivity contribution in [3.8, 4) is 0 Å². The number of aliphatic hydroxyl groups excluding tert-OH is 1. The molecule has 0 unspecified atom stereocenters. The molecule has 2 rings (SSSR count). The first-order chi connectivity index (χ1) is 11.2. The first-order valence-electron chi connectivity index (χ1n) is 8.12. The Morgan fingerprint density at radius 3 is 1.91 bits per heavy atom. The standard InChI is InChI=1S/C20H26O3/c1-16(13-22-14-18-9-5-3-6-10-18)20(21)17(2)23-15-19-11-7-4-8-12-19/h3-12,16-17,20-21H,13-15H2,1-2H3/t16-,17-,20-/m1/s1. The van der Waals surface area contributed by atoms with E-state index in [-0.39, 0.29) is 12.0 Å². The zero-order chi connectivity index (χ0) is 16.5. The minimum Gasteiger partial charge on any atom is -0.390 e. The molecule has 124 valence electrons. The first-order valence-corrected chi connectivity index (χ1v) is 8.12. The van der Waals surface area contributed by atoms with Gasteiger partial charge in [-0.25, -0.2) is 0 Å². The summed E-state index contributed by atoms with van der Waals surface area (Å²) < 4.78 is 11.5. The van der Waals surface area contributed by atoms with E-state index in [1.54, 1.807) is 0 Å². The molecule has 0 bridgehead atoms. The molecule has 0 aliphatic heterocycles. The molecule has 0 amide bonds. The molecule has 0 saturated heterocycles. The van der Waals surface area contributed by atoms with Crippen LogP contribution in [0.2, 0.25) is 0 Å². The minimum atomic E-state index is -0.547. The second-order valence-electron chi connectivity index (χ2n) is 5.97. The van der Waals surface area contributed by atoms with Gasteiger partial charge in [0.2, 0.25) is 0 Å². The zero-order valence-electron chi connectivity index (χ0n) is 13.9. The third-order valence-corrected chi connectivity index (χ3v) is 3.91. The van der Waals surface area contributed by atoms with Crippen LogP contribution >= 0.6 is 0 Å². The first kappa shape index (κ1) is 17.7. The van der Waals surface area contributed by atoms with Crippen LogP contribution in [0.1, 0.15) is 25.0 Å². The maximum atomic E-state index is 10.4. The largest absolute Gasteiger partial charge is 0.390 e. The van der Waals surface area contributed by atoms with Crippen LogP contribution in [0.4, 0.5) is 0 Å². The maximum absolute atomic E-state index is 10.4. The molecule has 0 fully saturated rings. The van der Waals surface area contributed by atoms with E-state index in [2.05, 4.69) is 0 Å². The van der Waals surface area contributed by atoms with Crippen molar-refractivity contribution in [2.45, 2.75) is 39.3 Å². The van der Waals surface area contributed by atoms with E-state index in [1.165, 1.54) is 0 Å². The van der Waals surface area contributed by atoms with Gasteiger partial charge in [0.15, 0.2) is 0 Å². The molecule has 0 aliphatic carbocycles. The summed E-state index contributed by atoms with van der Waals surface area (Å²) >= 11 is 0. The summed E-state index contributed by atoms with van der Waals surface area (Å²) in [6, 6.07) is 20.0. The summed E-state index contributed by atoms with van der Waals surface area (Å²) in [6.45, 7) is 5.47. The second-order valence-corrected chi connectivity index (χ2v) is 5.97. The van der Waals surface area contributed by atoms with E-state index >= 15 is 0 Å². The summed E-state index contributed by atoms with van der Waals surface area (Å²) in [5, 5.41) is 10.4. The van der Waals surface area contributed by atoms with Gasteiger partial charge >= 0.3 is 0 Å². The van der Waals surface area contributed by atoms with E-state index in [1.807, 2.05) is 74.5 Å². The number of ether oxygens (including phenoxy) is 2. The van der Waals surface area contributed by atoms with Crippen LogP contribution in [0.25, 0.3) is 0 Å². The van der Waals surface area contributed by atoms with Crippen LogP contribution in [0.15, 0.2) is 60.7 Å². The fourth-order valence-corrected chi connectivity index (χ4v) is 2.40. The molecule has 23 heavy (non-hydrogen) atoms. The third kappa shape index (κ3) is 6.14. The fourth-order valence-electron chi connectivity index (χ4n) is 2.40. The highest BCUT2D eigenvalue weighted by molar-refractivity contribution is 5.14. The Balaban J connectivity index is 1.69. The predicted molar refractivity (Wildman–Crippen MR) is 92.0 cm³/mol. The highest BCUT2D eigenvalue weighted by atomic mass is 16.5. The summed E-state index contributed by atoms with van der Waals surface area (Å²) in [7, 11) is 0. The lowest BCUT2D eigenvalue weighted by atomic mass is 10.0. The molecule has 3 heteroatoms. The summed E-state index contributed by atoms with van der Waals surface area (Å²) in [6.07, 6.45) is -0.778. The van der Waals surface area contributed by atoms with Crippen molar-refractivity contribution in [2.24, 2.45) is 5.92 Å². The Labute approximate surface area is 138 Å². The smallest absolute Gasteiger partial charge is 0.0846 e. The Morgan fingerprint density at radius 2 is 1.35 bits per heavy atom. The van der Waals surface area contributed by atoms with Crippen molar-refractivity contribution in [3.63, 3.8) is 0 Å². The molecule has 0 saturated carbocycles. The summed E-state index contributed by atoms with van der Waals surface area (Å²) in [5.74, 6) is 0.0180. The molecule has 0 aliphatic rings. The second kappa shape index (κ2) is 9.46. The molecule has 0 heterocycles. The lowest BCUT2D eigenvalue weighted by Crippen LogP contribution is -2.34. The molecule has 0 aromatic heterocycles. The van der Waals surface area contributed by atoms with Crippen molar-refractivity contribution in [3.05, 3.63) is 71.8 Å². The van der Waals surface area contributed by atoms with Gasteiger partial charge in [0.05, 0.1) is 32.0 Å². The van der Waals surface area contributed by atoms with E-state index in [0.717, 1.165) is 11.1 Å². The van der Waals surface area contributed by atoms with Crippen LogP contribution < -0.4 is 0 Å². The molecule has 0 spiro atoms. The average Bonchev–Trinajstić information content (AvgIpc) is 2.60. The van der Waals surface area contributed by atoms with Crippen LogP contribution in [0.3, 0.4) is 0 Å². The SMILES string of the molecule is C[C@H](COCc1ccccc1)[C@@H](O)[C@@H](C)OCc1ccccc1. The Hall–Kier alpha value is -1.68. The van der Waals surface area contributed by atoms with Gasteiger partial charge in [-0.05, 0) is 18.1 Å². The number of aliphatic hydroxyl groups is 1. The molecular weight excluding hydrogens is 288 g/mol. The van der Waals surface area contributed by atoms with Crippen LogP contribution in [0.5, 0.6) is 0 Å². The molecule has 3 atom stereocenters. The topological polar surface area (TPSA) is 38.7 Å². The molecule has 1 N–H and O–H groups in total. The van der Waals surface area contributed by atoms with E-state index in [0.29, 0.717) is 19.8 Å². The van der Waals surface area contributed by atoms with Crippen molar-refractivity contribution >= 4 is 0 Å². The van der Waals surface area contributed by atoms with Gasteiger partial charge in [-0.1, -0.05) is 67.6 Å². The Kier molecular flexibility index (Phi) is 7.27.